The monoisotopic (exact) mass is 425 g/mol. The van der Waals surface area contributed by atoms with Crippen LogP contribution in [0.4, 0.5) is 11.4 Å². The van der Waals surface area contributed by atoms with Gasteiger partial charge < -0.3 is 19.9 Å². The standard InChI is InChI=1S/C24H31N3O2S/c1-2-26-13-15-27(16-14-26)20-11-9-19(10-12-20)25-24(28)22-7-3-4-8-23(22)30-18-21-6-5-17-29-21/h3-4,7-12,21H,2,5-6,13-18H2,1H3,(H,25,28). The van der Waals surface area contributed by atoms with Crippen molar-refractivity contribution in [3.63, 3.8) is 0 Å². The number of likely N-dealkylation sites (N-methyl/N-ethyl adjacent to an activating group) is 1. The average molecular weight is 426 g/mol. The van der Waals surface area contributed by atoms with E-state index in [9.17, 15) is 4.79 Å². The van der Waals surface area contributed by atoms with Crippen molar-refractivity contribution < 1.29 is 9.53 Å². The summed E-state index contributed by atoms with van der Waals surface area (Å²) in [7, 11) is 0. The molecule has 0 spiro atoms. The molecule has 0 saturated carbocycles. The molecule has 0 radical (unpaired) electrons. The van der Waals surface area contributed by atoms with Crippen molar-refractivity contribution in [2.75, 3.05) is 55.3 Å². The van der Waals surface area contributed by atoms with Gasteiger partial charge in [0.15, 0.2) is 0 Å². The number of anilines is 2. The molecule has 2 heterocycles. The van der Waals surface area contributed by atoms with Gasteiger partial charge in [0.2, 0.25) is 0 Å². The number of thioether (sulfide) groups is 1. The summed E-state index contributed by atoms with van der Waals surface area (Å²) in [6.45, 7) is 8.50. The molecular formula is C24H31N3O2S. The van der Waals surface area contributed by atoms with E-state index in [0.717, 1.165) is 74.1 Å². The van der Waals surface area contributed by atoms with Gasteiger partial charge in [0.25, 0.3) is 5.91 Å². The highest BCUT2D eigenvalue weighted by molar-refractivity contribution is 7.99. The van der Waals surface area contributed by atoms with Crippen LogP contribution in [0.1, 0.15) is 30.1 Å². The lowest BCUT2D eigenvalue weighted by Gasteiger charge is -2.35. The van der Waals surface area contributed by atoms with Crippen molar-refractivity contribution in [1.82, 2.24) is 4.90 Å². The average Bonchev–Trinajstić information content (AvgIpc) is 3.32. The smallest absolute Gasteiger partial charge is 0.256 e. The maximum atomic E-state index is 12.9. The summed E-state index contributed by atoms with van der Waals surface area (Å²) in [5, 5.41) is 3.06. The van der Waals surface area contributed by atoms with Gasteiger partial charge in [-0.1, -0.05) is 19.1 Å². The summed E-state index contributed by atoms with van der Waals surface area (Å²) in [6.07, 6.45) is 2.55. The summed E-state index contributed by atoms with van der Waals surface area (Å²) in [5.41, 5.74) is 2.77. The first-order valence-corrected chi connectivity index (χ1v) is 11.9. The Bertz CT molecular complexity index is 829. The van der Waals surface area contributed by atoms with Gasteiger partial charge in [-0.05, 0) is 55.8 Å². The first-order chi connectivity index (χ1) is 14.7. The van der Waals surface area contributed by atoms with Gasteiger partial charge in [-0.2, -0.15) is 0 Å². The molecule has 160 valence electrons. The van der Waals surface area contributed by atoms with E-state index in [4.69, 9.17) is 4.74 Å². The zero-order chi connectivity index (χ0) is 20.8. The van der Waals surface area contributed by atoms with Crippen LogP contribution in [0.5, 0.6) is 0 Å². The Morgan fingerprint density at radius 3 is 2.57 bits per heavy atom. The van der Waals surface area contributed by atoms with Crippen LogP contribution in [0.25, 0.3) is 0 Å². The minimum Gasteiger partial charge on any atom is -0.377 e. The Labute approximate surface area is 183 Å². The minimum atomic E-state index is -0.0604. The quantitative estimate of drug-likeness (QED) is 0.668. The molecule has 1 atom stereocenters. The summed E-state index contributed by atoms with van der Waals surface area (Å²) < 4.78 is 5.72. The fourth-order valence-corrected chi connectivity index (χ4v) is 5.13. The van der Waals surface area contributed by atoms with Crippen molar-refractivity contribution in [3.05, 3.63) is 54.1 Å². The molecule has 2 aromatic rings. The molecule has 2 aliphatic heterocycles. The number of benzene rings is 2. The van der Waals surface area contributed by atoms with Crippen molar-refractivity contribution >= 4 is 29.0 Å². The van der Waals surface area contributed by atoms with Crippen molar-refractivity contribution in [1.29, 1.82) is 0 Å². The fourth-order valence-electron chi connectivity index (χ4n) is 4.01. The Morgan fingerprint density at radius 1 is 1.10 bits per heavy atom. The molecule has 2 fully saturated rings. The number of carbonyl (C=O) groups excluding carboxylic acids is 1. The number of nitrogens with zero attached hydrogens (tertiary/aromatic N) is 2. The van der Waals surface area contributed by atoms with Gasteiger partial charge in [-0.3, -0.25) is 4.79 Å². The molecule has 4 rings (SSSR count). The maximum Gasteiger partial charge on any atom is 0.256 e. The third-order valence-corrected chi connectivity index (χ3v) is 7.10. The van der Waals surface area contributed by atoms with Crippen LogP contribution in [0, 0.1) is 0 Å². The molecule has 1 N–H and O–H groups in total. The van der Waals surface area contributed by atoms with Crippen LogP contribution in [0.15, 0.2) is 53.4 Å². The summed E-state index contributed by atoms with van der Waals surface area (Å²) in [5.74, 6) is 0.833. The van der Waals surface area contributed by atoms with Crippen LogP contribution in [-0.4, -0.2) is 62.0 Å². The zero-order valence-electron chi connectivity index (χ0n) is 17.7. The SMILES string of the molecule is CCN1CCN(c2ccc(NC(=O)c3ccccc3SCC3CCCO3)cc2)CC1. The Kier molecular flexibility index (Phi) is 7.31. The molecule has 2 saturated heterocycles. The van der Waals surface area contributed by atoms with Crippen molar-refractivity contribution in [2.45, 2.75) is 30.8 Å². The maximum absolute atomic E-state index is 12.9. The number of nitrogens with one attached hydrogen (secondary N) is 1. The molecule has 0 bridgehead atoms. The Hall–Kier alpha value is -2.02. The Balaban J connectivity index is 1.36. The number of rotatable bonds is 7. The molecule has 6 heteroatoms. The second-order valence-corrected chi connectivity index (χ2v) is 8.93. The zero-order valence-corrected chi connectivity index (χ0v) is 18.5. The van der Waals surface area contributed by atoms with E-state index in [0.29, 0.717) is 6.10 Å². The molecule has 0 aliphatic carbocycles. The van der Waals surface area contributed by atoms with E-state index in [1.54, 1.807) is 11.8 Å². The normalized spacial score (nSPS) is 19.8. The van der Waals surface area contributed by atoms with Crippen molar-refractivity contribution in [3.8, 4) is 0 Å². The molecule has 1 unspecified atom stereocenters. The number of carbonyl (C=O) groups is 1. The highest BCUT2D eigenvalue weighted by Gasteiger charge is 2.19. The van der Waals surface area contributed by atoms with E-state index in [-0.39, 0.29) is 5.91 Å². The highest BCUT2D eigenvalue weighted by Crippen LogP contribution is 2.28. The van der Waals surface area contributed by atoms with Gasteiger partial charge in [0.1, 0.15) is 0 Å². The lowest BCUT2D eigenvalue weighted by molar-refractivity contribution is 0.102. The molecule has 30 heavy (non-hydrogen) atoms. The van der Waals surface area contributed by atoms with E-state index in [1.165, 1.54) is 5.69 Å². The van der Waals surface area contributed by atoms with Gasteiger partial charge in [-0.25, -0.2) is 0 Å². The van der Waals surface area contributed by atoms with E-state index in [1.807, 2.05) is 36.4 Å². The lowest BCUT2D eigenvalue weighted by atomic mass is 10.2. The lowest BCUT2D eigenvalue weighted by Crippen LogP contribution is -2.46. The molecule has 5 nitrogen and oxygen atoms in total. The van der Waals surface area contributed by atoms with Crippen LogP contribution in [0.3, 0.4) is 0 Å². The van der Waals surface area contributed by atoms with E-state index in [2.05, 4.69) is 34.2 Å². The number of hydrogen-bond donors (Lipinski definition) is 1. The second-order valence-electron chi connectivity index (χ2n) is 7.86. The first kappa shape index (κ1) is 21.2. The topological polar surface area (TPSA) is 44.8 Å². The van der Waals surface area contributed by atoms with Crippen molar-refractivity contribution in [2.24, 2.45) is 0 Å². The fraction of sp³-hybridized carbons (Fsp3) is 0.458. The summed E-state index contributed by atoms with van der Waals surface area (Å²) in [4.78, 5) is 18.8. The third-order valence-electron chi connectivity index (χ3n) is 5.89. The van der Waals surface area contributed by atoms with E-state index >= 15 is 0 Å². The minimum absolute atomic E-state index is 0.0604. The van der Waals surface area contributed by atoms with Crippen LogP contribution >= 0.6 is 11.8 Å². The summed E-state index contributed by atoms with van der Waals surface area (Å²) >= 11 is 1.71. The predicted octanol–water partition coefficient (Wildman–Crippen LogP) is 4.35. The second kappa shape index (κ2) is 10.3. The van der Waals surface area contributed by atoms with Gasteiger partial charge in [-0.15, -0.1) is 11.8 Å². The van der Waals surface area contributed by atoms with Crippen LogP contribution in [0.2, 0.25) is 0 Å². The van der Waals surface area contributed by atoms with Gasteiger partial charge >= 0.3 is 0 Å². The summed E-state index contributed by atoms with van der Waals surface area (Å²) in [6, 6.07) is 16.0. The molecular weight excluding hydrogens is 394 g/mol. The highest BCUT2D eigenvalue weighted by atomic mass is 32.2. The predicted molar refractivity (Wildman–Crippen MR) is 125 cm³/mol. The third kappa shape index (κ3) is 5.36. The molecule has 2 aliphatic rings. The number of ether oxygens (including phenoxy) is 1. The number of piperazine rings is 1. The molecule has 1 amide bonds. The van der Waals surface area contributed by atoms with Crippen LogP contribution < -0.4 is 10.2 Å². The molecule has 0 aromatic heterocycles. The number of amides is 1. The Morgan fingerprint density at radius 2 is 1.87 bits per heavy atom. The molecule has 2 aromatic carbocycles. The van der Waals surface area contributed by atoms with Crippen LogP contribution in [-0.2, 0) is 4.74 Å². The largest absolute Gasteiger partial charge is 0.377 e. The van der Waals surface area contributed by atoms with Gasteiger partial charge in [0, 0.05) is 54.8 Å². The first-order valence-electron chi connectivity index (χ1n) is 10.9. The van der Waals surface area contributed by atoms with E-state index < -0.39 is 0 Å². The van der Waals surface area contributed by atoms with Gasteiger partial charge in [0.05, 0.1) is 11.7 Å². The number of hydrogen-bond acceptors (Lipinski definition) is 5.